The molecule has 0 aliphatic carbocycles. The summed E-state index contributed by atoms with van der Waals surface area (Å²) in [6.07, 6.45) is 4.10. The van der Waals surface area contributed by atoms with Crippen LogP contribution in [0.5, 0.6) is 0 Å². The Morgan fingerprint density at radius 2 is 2.19 bits per heavy atom. The van der Waals surface area contributed by atoms with Crippen LogP contribution in [0.4, 0.5) is 0 Å². The number of aliphatic hydroxyl groups excluding tert-OH is 1. The van der Waals surface area contributed by atoms with E-state index in [1.807, 2.05) is 6.92 Å². The third-order valence-corrected chi connectivity index (χ3v) is 3.30. The molecule has 0 saturated heterocycles. The first-order chi connectivity index (χ1) is 10.1. The summed E-state index contributed by atoms with van der Waals surface area (Å²) in [6, 6.07) is 3.58. The SMILES string of the molecule is CCC(C)CC(C)NC(=O)c1ccc(C#CCCO)cn1. The van der Waals surface area contributed by atoms with Crippen molar-refractivity contribution in [2.75, 3.05) is 6.61 Å². The van der Waals surface area contributed by atoms with E-state index in [2.05, 4.69) is 36.0 Å². The molecule has 1 aromatic heterocycles. The van der Waals surface area contributed by atoms with Gasteiger partial charge in [0.25, 0.3) is 5.91 Å². The smallest absolute Gasteiger partial charge is 0.270 e. The molecular formula is C17H24N2O2. The Morgan fingerprint density at radius 3 is 2.76 bits per heavy atom. The van der Waals surface area contributed by atoms with Crippen molar-refractivity contribution in [1.82, 2.24) is 10.3 Å². The van der Waals surface area contributed by atoms with Gasteiger partial charge in [0, 0.05) is 24.2 Å². The lowest BCUT2D eigenvalue weighted by Crippen LogP contribution is -2.34. The Balaban J connectivity index is 2.57. The van der Waals surface area contributed by atoms with Crippen molar-refractivity contribution in [2.24, 2.45) is 5.92 Å². The van der Waals surface area contributed by atoms with Gasteiger partial charge in [0.1, 0.15) is 5.69 Å². The molecule has 4 heteroatoms. The zero-order chi connectivity index (χ0) is 15.7. The lowest BCUT2D eigenvalue weighted by molar-refractivity contribution is 0.0930. The fourth-order valence-corrected chi connectivity index (χ4v) is 1.95. The Kier molecular flexibility index (Phi) is 7.49. The number of pyridine rings is 1. The van der Waals surface area contributed by atoms with Gasteiger partial charge in [-0.25, -0.2) is 4.98 Å². The van der Waals surface area contributed by atoms with Gasteiger partial charge in [0.2, 0.25) is 0 Å². The van der Waals surface area contributed by atoms with Crippen molar-refractivity contribution in [1.29, 1.82) is 0 Å². The first-order valence-electron chi connectivity index (χ1n) is 7.43. The molecule has 0 spiro atoms. The molecule has 114 valence electrons. The summed E-state index contributed by atoms with van der Waals surface area (Å²) in [6.45, 7) is 6.39. The molecule has 0 aromatic carbocycles. The summed E-state index contributed by atoms with van der Waals surface area (Å²) in [5.74, 6) is 6.14. The molecule has 0 bridgehead atoms. The highest BCUT2D eigenvalue weighted by Gasteiger charge is 2.12. The number of nitrogens with zero attached hydrogens (tertiary/aromatic N) is 1. The molecule has 21 heavy (non-hydrogen) atoms. The summed E-state index contributed by atoms with van der Waals surface area (Å²) in [5, 5.41) is 11.6. The number of hydrogen-bond acceptors (Lipinski definition) is 3. The first kappa shape index (κ1) is 17.2. The maximum absolute atomic E-state index is 12.1. The fraction of sp³-hybridized carbons (Fsp3) is 0.529. The van der Waals surface area contributed by atoms with Gasteiger partial charge in [-0.2, -0.15) is 0 Å². The normalized spacial score (nSPS) is 13.0. The molecule has 1 aromatic rings. The van der Waals surface area contributed by atoms with Gasteiger partial charge in [-0.15, -0.1) is 0 Å². The fourth-order valence-electron chi connectivity index (χ4n) is 1.95. The van der Waals surface area contributed by atoms with Gasteiger partial charge in [0.15, 0.2) is 0 Å². The van der Waals surface area contributed by atoms with Crippen molar-refractivity contribution in [3.63, 3.8) is 0 Å². The number of amides is 1. The Morgan fingerprint density at radius 1 is 1.43 bits per heavy atom. The monoisotopic (exact) mass is 288 g/mol. The Labute approximate surface area is 127 Å². The van der Waals surface area contributed by atoms with E-state index in [4.69, 9.17) is 5.11 Å². The van der Waals surface area contributed by atoms with E-state index in [1.165, 1.54) is 0 Å². The van der Waals surface area contributed by atoms with Crippen LogP contribution in [0.15, 0.2) is 18.3 Å². The third kappa shape index (κ3) is 6.42. The van der Waals surface area contributed by atoms with Crippen molar-refractivity contribution in [2.45, 2.75) is 46.1 Å². The van der Waals surface area contributed by atoms with E-state index >= 15 is 0 Å². The minimum Gasteiger partial charge on any atom is -0.395 e. The summed E-state index contributed by atoms with van der Waals surface area (Å²) >= 11 is 0. The molecule has 2 atom stereocenters. The predicted octanol–water partition coefficient (Wildman–Crippen LogP) is 2.37. The van der Waals surface area contributed by atoms with Crippen molar-refractivity contribution >= 4 is 5.91 Å². The minimum absolute atomic E-state index is 0.0506. The topological polar surface area (TPSA) is 62.2 Å². The van der Waals surface area contributed by atoms with E-state index in [9.17, 15) is 4.79 Å². The quantitative estimate of drug-likeness (QED) is 0.790. The highest BCUT2D eigenvalue weighted by atomic mass is 16.2. The zero-order valence-electron chi connectivity index (χ0n) is 13.0. The molecular weight excluding hydrogens is 264 g/mol. The molecule has 1 amide bonds. The molecule has 1 heterocycles. The van der Waals surface area contributed by atoms with E-state index in [0.717, 1.165) is 18.4 Å². The number of aliphatic hydroxyl groups is 1. The molecule has 0 radical (unpaired) electrons. The van der Waals surface area contributed by atoms with Gasteiger partial charge < -0.3 is 10.4 Å². The summed E-state index contributed by atoms with van der Waals surface area (Å²) in [7, 11) is 0. The average Bonchev–Trinajstić information content (AvgIpc) is 2.47. The van der Waals surface area contributed by atoms with Crippen LogP contribution in [-0.2, 0) is 0 Å². The van der Waals surface area contributed by atoms with Crippen LogP contribution in [0.2, 0.25) is 0 Å². The van der Waals surface area contributed by atoms with Crippen molar-refractivity contribution in [3.8, 4) is 11.8 Å². The summed E-state index contributed by atoms with van der Waals surface area (Å²) in [5.41, 5.74) is 1.14. The van der Waals surface area contributed by atoms with Crippen LogP contribution in [0.3, 0.4) is 0 Å². The lowest BCUT2D eigenvalue weighted by atomic mass is 10.0. The Bertz CT molecular complexity index is 500. The van der Waals surface area contributed by atoms with Gasteiger partial charge in [-0.1, -0.05) is 32.1 Å². The number of aromatic nitrogens is 1. The molecule has 4 nitrogen and oxygen atoms in total. The molecule has 2 unspecified atom stereocenters. The molecule has 0 saturated carbocycles. The maximum Gasteiger partial charge on any atom is 0.270 e. The van der Waals surface area contributed by atoms with E-state index < -0.39 is 0 Å². The average molecular weight is 288 g/mol. The standard InChI is InChI=1S/C17H24N2O2/c1-4-13(2)11-14(3)19-17(21)16-9-8-15(12-18-16)7-5-6-10-20/h8-9,12-14,20H,4,6,10-11H2,1-3H3,(H,19,21). The zero-order valence-corrected chi connectivity index (χ0v) is 13.0. The molecule has 1 rings (SSSR count). The van der Waals surface area contributed by atoms with Crippen LogP contribution in [0, 0.1) is 17.8 Å². The Hall–Kier alpha value is -1.86. The van der Waals surface area contributed by atoms with Crippen LogP contribution < -0.4 is 5.32 Å². The van der Waals surface area contributed by atoms with Gasteiger partial charge in [0.05, 0.1) is 6.61 Å². The largest absolute Gasteiger partial charge is 0.395 e. The van der Waals surface area contributed by atoms with Crippen LogP contribution in [-0.4, -0.2) is 28.6 Å². The second-order valence-electron chi connectivity index (χ2n) is 5.33. The molecule has 0 fully saturated rings. The molecule has 0 aliphatic heterocycles. The minimum atomic E-state index is -0.152. The molecule has 0 aliphatic rings. The number of carbonyl (C=O) groups excluding carboxylic acids is 1. The van der Waals surface area contributed by atoms with Crippen LogP contribution >= 0.6 is 0 Å². The lowest BCUT2D eigenvalue weighted by Gasteiger charge is -2.17. The summed E-state index contributed by atoms with van der Waals surface area (Å²) < 4.78 is 0. The highest BCUT2D eigenvalue weighted by Crippen LogP contribution is 2.10. The predicted molar refractivity (Wildman–Crippen MR) is 83.8 cm³/mol. The second-order valence-corrected chi connectivity index (χ2v) is 5.33. The second kappa shape index (κ2) is 9.15. The number of carbonyl (C=O) groups is 1. The maximum atomic E-state index is 12.1. The van der Waals surface area contributed by atoms with Gasteiger partial charge in [-0.05, 0) is 31.4 Å². The van der Waals surface area contributed by atoms with Crippen LogP contribution in [0.25, 0.3) is 0 Å². The molecule has 2 N–H and O–H groups in total. The summed E-state index contributed by atoms with van der Waals surface area (Å²) in [4.78, 5) is 16.2. The number of hydrogen-bond donors (Lipinski definition) is 2. The number of nitrogens with one attached hydrogen (secondary N) is 1. The van der Waals surface area contributed by atoms with E-state index in [0.29, 0.717) is 18.0 Å². The first-order valence-corrected chi connectivity index (χ1v) is 7.43. The van der Waals surface area contributed by atoms with Crippen LogP contribution in [0.1, 0.15) is 56.1 Å². The van der Waals surface area contributed by atoms with E-state index in [1.54, 1.807) is 18.3 Å². The van der Waals surface area contributed by atoms with Gasteiger partial charge >= 0.3 is 0 Å². The van der Waals surface area contributed by atoms with E-state index in [-0.39, 0.29) is 18.6 Å². The van der Waals surface area contributed by atoms with Gasteiger partial charge in [-0.3, -0.25) is 4.79 Å². The van der Waals surface area contributed by atoms with Crippen molar-refractivity contribution < 1.29 is 9.90 Å². The third-order valence-electron chi connectivity index (χ3n) is 3.30. The van der Waals surface area contributed by atoms with Crippen molar-refractivity contribution in [3.05, 3.63) is 29.6 Å². The highest BCUT2D eigenvalue weighted by molar-refractivity contribution is 5.92. The number of rotatable bonds is 6.